The number of para-hydroxylation sites is 1. The van der Waals surface area contributed by atoms with Gasteiger partial charge >= 0.3 is 0 Å². The number of carbonyl (C=O) groups excluding carboxylic acids is 1. The van der Waals surface area contributed by atoms with E-state index in [1.165, 1.54) is 0 Å². The minimum absolute atomic E-state index is 0.156. The van der Waals surface area contributed by atoms with Crippen molar-refractivity contribution in [2.45, 2.75) is 6.92 Å². The third-order valence-corrected chi connectivity index (χ3v) is 3.53. The first-order chi connectivity index (χ1) is 9.75. The fourth-order valence-electron chi connectivity index (χ4n) is 2.17. The van der Waals surface area contributed by atoms with Gasteiger partial charge in [-0.2, -0.15) is 0 Å². The highest BCUT2D eigenvalue weighted by atomic mass is 16.2. The molecule has 0 atom stereocenters. The molecule has 1 aliphatic rings. The van der Waals surface area contributed by atoms with E-state index in [-0.39, 0.29) is 5.91 Å². The highest BCUT2D eigenvalue weighted by molar-refractivity contribution is 5.93. The van der Waals surface area contributed by atoms with Crippen LogP contribution in [0.2, 0.25) is 0 Å². The largest absolute Gasteiger partial charge is 0.350 e. The van der Waals surface area contributed by atoms with Crippen molar-refractivity contribution in [2.24, 2.45) is 5.92 Å². The molecule has 6 heteroatoms. The Morgan fingerprint density at radius 2 is 2.15 bits per heavy atom. The number of rotatable bonds is 4. The molecule has 0 aliphatic carbocycles. The Kier molecular flexibility index (Phi) is 3.47. The molecule has 1 aliphatic heterocycles. The number of nitrogens with zero attached hydrogens (tertiary/aromatic N) is 3. The molecule has 1 saturated heterocycles. The quantitative estimate of drug-likeness (QED) is 0.850. The Balaban J connectivity index is 1.74. The normalized spacial score (nSPS) is 14.8. The monoisotopic (exact) mass is 271 g/mol. The van der Waals surface area contributed by atoms with Gasteiger partial charge in [-0.1, -0.05) is 23.4 Å². The highest BCUT2D eigenvalue weighted by Gasteiger charge is 2.21. The molecule has 1 aromatic carbocycles. The van der Waals surface area contributed by atoms with Crippen molar-refractivity contribution >= 4 is 5.91 Å². The predicted octanol–water partition coefficient (Wildman–Crippen LogP) is 0.525. The molecule has 3 rings (SSSR count). The summed E-state index contributed by atoms with van der Waals surface area (Å²) < 4.78 is 1.68. The fraction of sp³-hybridized carbons (Fsp3) is 0.357. The van der Waals surface area contributed by atoms with E-state index in [4.69, 9.17) is 0 Å². The first kappa shape index (κ1) is 12.8. The van der Waals surface area contributed by atoms with Gasteiger partial charge in [0.2, 0.25) is 0 Å². The van der Waals surface area contributed by atoms with E-state index in [1.807, 2.05) is 37.3 Å². The zero-order valence-electron chi connectivity index (χ0n) is 11.3. The second-order valence-corrected chi connectivity index (χ2v) is 5.01. The van der Waals surface area contributed by atoms with Crippen LogP contribution < -0.4 is 10.6 Å². The van der Waals surface area contributed by atoms with Gasteiger partial charge in [0.1, 0.15) is 0 Å². The Bertz CT molecular complexity index is 603. The van der Waals surface area contributed by atoms with E-state index in [1.54, 1.807) is 4.68 Å². The average Bonchev–Trinajstić information content (AvgIpc) is 2.80. The van der Waals surface area contributed by atoms with Crippen LogP contribution in [0.3, 0.4) is 0 Å². The first-order valence-electron chi connectivity index (χ1n) is 6.72. The van der Waals surface area contributed by atoms with Gasteiger partial charge in [-0.3, -0.25) is 4.79 Å². The Hall–Kier alpha value is -2.21. The summed E-state index contributed by atoms with van der Waals surface area (Å²) in [5, 5.41) is 14.2. The third kappa shape index (κ3) is 2.42. The van der Waals surface area contributed by atoms with Crippen LogP contribution in [0.25, 0.3) is 5.69 Å². The number of amides is 1. The van der Waals surface area contributed by atoms with Crippen LogP contribution in [-0.4, -0.2) is 40.5 Å². The Morgan fingerprint density at radius 1 is 1.40 bits per heavy atom. The first-order valence-corrected chi connectivity index (χ1v) is 6.72. The molecule has 20 heavy (non-hydrogen) atoms. The summed E-state index contributed by atoms with van der Waals surface area (Å²) in [6.07, 6.45) is 0. The summed E-state index contributed by atoms with van der Waals surface area (Å²) >= 11 is 0. The smallest absolute Gasteiger partial charge is 0.273 e. The number of benzene rings is 1. The van der Waals surface area contributed by atoms with Crippen molar-refractivity contribution in [1.29, 1.82) is 0 Å². The molecule has 0 radical (unpaired) electrons. The zero-order chi connectivity index (χ0) is 13.9. The minimum Gasteiger partial charge on any atom is -0.350 e. The van der Waals surface area contributed by atoms with Gasteiger partial charge in [-0.05, 0) is 19.1 Å². The molecule has 2 aromatic rings. The standard InChI is InChI=1S/C14H17N5O/c1-10-13(14(20)16-9-11-7-15-8-11)17-18-19(10)12-5-3-2-4-6-12/h2-6,11,15H,7-9H2,1H3,(H,16,20). The van der Waals surface area contributed by atoms with Gasteiger partial charge in [0.25, 0.3) is 5.91 Å². The Labute approximate surface area is 117 Å². The van der Waals surface area contributed by atoms with Gasteiger partial charge in [-0.25, -0.2) is 4.68 Å². The summed E-state index contributed by atoms with van der Waals surface area (Å²) in [4.78, 5) is 12.1. The van der Waals surface area contributed by atoms with Crippen molar-refractivity contribution in [3.8, 4) is 5.69 Å². The molecule has 0 unspecified atom stereocenters. The van der Waals surface area contributed by atoms with Crippen molar-refractivity contribution in [2.75, 3.05) is 19.6 Å². The number of hydrogen-bond acceptors (Lipinski definition) is 4. The SMILES string of the molecule is Cc1c(C(=O)NCC2CNC2)nnn1-c1ccccc1. The average molecular weight is 271 g/mol. The lowest BCUT2D eigenvalue weighted by Crippen LogP contribution is -2.48. The van der Waals surface area contributed by atoms with E-state index in [2.05, 4.69) is 20.9 Å². The van der Waals surface area contributed by atoms with Crippen LogP contribution in [0.4, 0.5) is 0 Å². The summed E-state index contributed by atoms with van der Waals surface area (Å²) in [6.45, 7) is 4.47. The summed E-state index contributed by atoms with van der Waals surface area (Å²) in [5.41, 5.74) is 2.04. The van der Waals surface area contributed by atoms with E-state index in [9.17, 15) is 4.79 Å². The summed E-state index contributed by atoms with van der Waals surface area (Å²) in [5.74, 6) is 0.375. The topological polar surface area (TPSA) is 71.8 Å². The van der Waals surface area contributed by atoms with Crippen molar-refractivity contribution in [1.82, 2.24) is 25.6 Å². The van der Waals surface area contributed by atoms with Crippen molar-refractivity contribution in [3.05, 3.63) is 41.7 Å². The highest BCUT2D eigenvalue weighted by Crippen LogP contribution is 2.11. The summed E-state index contributed by atoms with van der Waals surface area (Å²) in [6, 6.07) is 9.67. The molecular weight excluding hydrogens is 254 g/mol. The zero-order valence-corrected chi connectivity index (χ0v) is 11.3. The van der Waals surface area contributed by atoms with Gasteiger partial charge in [0.05, 0.1) is 11.4 Å². The van der Waals surface area contributed by atoms with Crippen molar-refractivity contribution < 1.29 is 4.79 Å². The second-order valence-electron chi connectivity index (χ2n) is 5.01. The van der Waals surface area contributed by atoms with E-state index >= 15 is 0 Å². The molecule has 0 spiro atoms. The number of nitrogens with one attached hydrogen (secondary N) is 2. The summed E-state index contributed by atoms with van der Waals surface area (Å²) in [7, 11) is 0. The van der Waals surface area contributed by atoms with E-state index in [0.29, 0.717) is 18.2 Å². The van der Waals surface area contributed by atoms with Gasteiger partial charge < -0.3 is 10.6 Å². The van der Waals surface area contributed by atoms with Crippen LogP contribution >= 0.6 is 0 Å². The second kappa shape index (κ2) is 5.42. The molecule has 2 heterocycles. The molecule has 2 N–H and O–H groups in total. The van der Waals surface area contributed by atoms with Crippen LogP contribution in [0, 0.1) is 12.8 Å². The van der Waals surface area contributed by atoms with Crippen molar-refractivity contribution in [3.63, 3.8) is 0 Å². The Morgan fingerprint density at radius 3 is 2.80 bits per heavy atom. The van der Waals surface area contributed by atoms with Gasteiger partial charge in [-0.15, -0.1) is 5.10 Å². The molecule has 0 bridgehead atoms. The third-order valence-electron chi connectivity index (χ3n) is 3.53. The van der Waals surface area contributed by atoms with Crippen LogP contribution in [0.5, 0.6) is 0 Å². The molecule has 0 saturated carbocycles. The van der Waals surface area contributed by atoms with Gasteiger partial charge in [0, 0.05) is 25.6 Å². The number of carbonyl (C=O) groups is 1. The number of aromatic nitrogens is 3. The lowest BCUT2D eigenvalue weighted by molar-refractivity contribution is 0.0936. The maximum Gasteiger partial charge on any atom is 0.273 e. The molecule has 104 valence electrons. The number of hydrogen-bond donors (Lipinski definition) is 2. The minimum atomic E-state index is -0.156. The predicted molar refractivity (Wildman–Crippen MR) is 74.8 cm³/mol. The molecule has 1 amide bonds. The lowest BCUT2D eigenvalue weighted by Gasteiger charge is -2.26. The van der Waals surface area contributed by atoms with Crippen LogP contribution in [0.15, 0.2) is 30.3 Å². The van der Waals surface area contributed by atoms with E-state index in [0.717, 1.165) is 24.5 Å². The lowest BCUT2D eigenvalue weighted by atomic mass is 10.0. The fourth-order valence-corrected chi connectivity index (χ4v) is 2.17. The molecule has 1 fully saturated rings. The van der Waals surface area contributed by atoms with Crippen LogP contribution in [-0.2, 0) is 0 Å². The maximum atomic E-state index is 12.1. The van der Waals surface area contributed by atoms with Crippen LogP contribution in [0.1, 0.15) is 16.2 Å². The molecule has 6 nitrogen and oxygen atoms in total. The molecular formula is C14H17N5O. The molecule has 1 aromatic heterocycles. The maximum absolute atomic E-state index is 12.1. The van der Waals surface area contributed by atoms with Gasteiger partial charge in [0.15, 0.2) is 5.69 Å². The van der Waals surface area contributed by atoms with E-state index < -0.39 is 0 Å².